The Balaban J connectivity index is 2.18. The van der Waals surface area contributed by atoms with Crippen molar-refractivity contribution < 1.29 is 42.9 Å². The van der Waals surface area contributed by atoms with Gasteiger partial charge in [0.05, 0.1) is 45.2 Å². The van der Waals surface area contributed by atoms with Gasteiger partial charge < -0.3 is 23.8 Å². The van der Waals surface area contributed by atoms with E-state index in [1.807, 2.05) is 39.0 Å². The Morgan fingerprint density at radius 1 is 0.775 bits per heavy atom. The second-order valence-corrected chi connectivity index (χ2v) is 13.1. The summed E-state index contributed by atoms with van der Waals surface area (Å²) in [7, 11) is 4.70. The molecule has 3 aliphatic heterocycles. The SMILES string of the molecule is COC(=O)C1=C(C(=O)OC)SC2(S1)C(C(=O)OC)=C(C(=O)OC)SC1=C2c2ccc(C)cc2N(C(C)=O)C1(C)C. The van der Waals surface area contributed by atoms with Crippen LogP contribution in [0.4, 0.5) is 5.69 Å². The van der Waals surface area contributed by atoms with E-state index in [0.29, 0.717) is 21.7 Å². The minimum absolute atomic E-state index is 0.0874. The van der Waals surface area contributed by atoms with Crippen LogP contribution in [0.2, 0.25) is 0 Å². The Morgan fingerprint density at radius 3 is 1.75 bits per heavy atom. The van der Waals surface area contributed by atoms with Gasteiger partial charge in [-0.1, -0.05) is 47.4 Å². The van der Waals surface area contributed by atoms with E-state index in [-0.39, 0.29) is 26.2 Å². The van der Waals surface area contributed by atoms with Crippen LogP contribution in [0.5, 0.6) is 0 Å². The number of carbonyl (C=O) groups excluding carboxylic acids is 5. The maximum atomic E-state index is 13.6. The molecule has 1 aromatic carbocycles. The number of nitrogens with zero attached hydrogens (tertiary/aromatic N) is 1. The summed E-state index contributed by atoms with van der Waals surface area (Å²) in [6.07, 6.45) is 0. The first-order valence-electron chi connectivity index (χ1n) is 11.9. The van der Waals surface area contributed by atoms with Gasteiger partial charge in [-0.15, -0.1) is 0 Å². The number of aryl methyl sites for hydroxylation is 1. The number of thioether (sulfide) groups is 3. The second-order valence-electron chi connectivity index (χ2n) is 9.39. The van der Waals surface area contributed by atoms with Gasteiger partial charge in [-0.2, -0.15) is 0 Å². The summed E-state index contributed by atoms with van der Waals surface area (Å²) < 4.78 is 18.6. The Bertz CT molecular complexity index is 1440. The van der Waals surface area contributed by atoms with Crippen LogP contribution in [0.1, 0.15) is 31.9 Å². The minimum Gasteiger partial charge on any atom is -0.466 e. The van der Waals surface area contributed by atoms with Gasteiger partial charge in [-0.05, 0) is 32.4 Å². The zero-order valence-corrected chi connectivity index (χ0v) is 25.5. The number of ether oxygens (including phenoxy) is 4. The van der Waals surface area contributed by atoms with Crippen LogP contribution in [-0.4, -0.2) is 67.8 Å². The molecule has 10 nitrogen and oxygen atoms in total. The van der Waals surface area contributed by atoms with Gasteiger partial charge in [-0.3, -0.25) is 4.79 Å². The Labute approximate surface area is 243 Å². The van der Waals surface area contributed by atoms with Crippen LogP contribution in [0, 0.1) is 6.92 Å². The molecule has 0 atom stereocenters. The third kappa shape index (κ3) is 4.34. The highest BCUT2D eigenvalue weighted by Crippen LogP contribution is 2.71. The molecule has 4 rings (SSSR count). The van der Waals surface area contributed by atoms with Gasteiger partial charge >= 0.3 is 23.9 Å². The molecule has 0 N–H and O–H groups in total. The molecule has 0 unspecified atom stereocenters. The number of carbonyl (C=O) groups is 5. The minimum atomic E-state index is -1.59. The molecule has 1 spiro atoms. The standard InChI is InChI=1S/C27H27NO9S3/c1-12-9-10-14-15(11-12)28(13(2)29)26(3,4)21-16(14)27(17(22(30)34-5)18(38-21)23(31)35-6)39-19(24(32)36-7)20(40-27)25(33)37-8/h9-11H,1-8H3. The molecular formula is C27H27NO9S3. The van der Waals surface area contributed by atoms with E-state index in [1.165, 1.54) is 35.4 Å². The molecule has 1 aromatic rings. The summed E-state index contributed by atoms with van der Waals surface area (Å²) in [6, 6.07) is 5.54. The van der Waals surface area contributed by atoms with E-state index in [2.05, 4.69) is 0 Å². The molecule has 0 bridgehead atoms. The summed E-state index contributed by atoms with van der Waals surface area (Å²) in [5.41, 5.74) is 1.45. The van der Waals surface area contributed by atoms with Crippen molar-refractivity contribution in [2.45, 2.75) is 37.3 Å². The first-order valence-corrected chi connectivity index (χ1v) is 14.3. The predicted molar refractivity (Wildman–Crippen MR) is 153 cm³/mol. The smallest absolute Gasteiger partial charge is 0.345 e. The number of anilines is 1. The molecule has 3 heterocycles. The fraction of sp³-hybridized carbons (Fsp3) is 0.370. The lowest BCUT2D eigenvalue weighted by Gasteiger charge is -2.50. The largest absolute Gasteiger partial charge is 0.466 e. The van der Waals surface area contributed by atoms with Crippen molar-refractivity contribution in [2.24, 2.45) is 0 Å². The number of rotatable bonds is 4. The maximum Gasteiger partial charge on any atom is 0.345 e. The lowest BCUT2D eigenvalue weighted by Crippen LogP contribution is -2.53. The first-order chi connectivity index (χ1) is 18.8. The van der Waals surface area contributed by atoms with Gasteiger partial charge in [0.1, 0.15) is 18.8 Å². The number of hydrogen-bond acceptors (Lipinski definition) is 12. The van der Waals surface area contributed by atoms with Crippen molar-refractivity contribution in [1.82, 2.24) is 0 Å². The topological polar surface area (TPSA) is 126 Å². The number of benzene rings is 1. The van der Waals surface area contributed by atoms with E-state index < -0.39 is 33.5 Å². The lowest BCUT2D eigenvalue weighted by molar-refractivity contribution is -0.138. The van der Waals surface area contributed by atoms with Crippen molar-refractivity contribution in [3.63, 3.8) is 0 Å². The molecule has 1 amide bonds. The Morgan fingerprint density at radius 2 is 1.27 bits per heavy atom. The zero-order chi connectivity index (χ0) is 29.7. The second kappa shape index (κ2) is 10.7. The first kappa shape index (κ1) is 29.8. The van der Waals surface area contributed by atoms with Gasteiger partial charge in [0.2, 0.25) is 5.91 Å². The van der Waals surface area contributed by atoms with Crippen LogP contribution < -0.4 is 4.90 Å². The summed E-state index contributed by atoms with van der Waals surface area (Å²) in [5, 5.41) is 0. The Kier molecular flexibility index (Phi) is 7.96. The summed E-state index contributed by atoms with van der Waals surface area (Å²) in [4.78, 5) is 67.8. The predicted octanol–water partition coefficient (Wildman–Crippen LogP) is 3.93. The van der Waals surface area contributed by atoms with Crippen molar-refractivity contribution in [2.75, 3.05) is 33.3 Å². The van der Waals surface area contributed by atoms with Crippen molar-refractivity contribution in [3.8, 4) is 0 Å². The van der Waals surface area contributed by atoms with E-state index in [1.54, 1.807) is 4.90 Å². The number of methoxy groups -OCH3 is 4. The van der Waals surface area contributed by atoms with Crippen LogP contribution in [0.25, 0.3) is 5.57 Å². The summed E-state index contributed by atoms with van der Waals surface area (Å²) in [5.74, 6) is -3.54. The lowest BCUT2D eigenvalue weighted by atomic mass is 9.83. The molecule has 3 aliphatic rings. The average Bonchev–Trinajstić information content (AvgIpc) is 3.31. The third-order valence-electron chi connectivity index (χ3n) is 6.61. The van der Waals surface area contributed by atoms with Gasteiger partial charge in [0.15, 0.2) is 0 Å². The molecule has 0 saturated heterocycles. The highest BCUT2D eigenvalue weighted by molar-refractivity contribution is 8.26. The molecular weight excluding hydrogens is 578 g/mol. The normalized spacial score (nSPS) is 18.8. The quantitative estimate of drug-likeness (QED) is 0.365. The molecule has 212 valence electrons. The summed E-state index contributed by atoms with van der Waals surface area (Å²) >= 11 is 2.78. The van der Waals surface area contributed by atoms with E-state index >= 15 is 0 Å². The monoisotopic (exact) mass is 605 g/mol. The fourth-order valence-electron chi connectivity index (χ4n) is 4.99. The molecule has 0 aromatic heterocycles. The highest BCUT2D eigenvalue weighted by Gasteiger charge is 2.61. The van der Waals surface area contributed by atoms with E-state index in [9.17, 15) is 24.0 Å². The van der Waals surface area contributed by atoms with Crippen molar-refractivity contribution in [3.05, 3.63) is 54.5 Å². The van der Waals surface area contributed by atoms with Crippen LogP contribution in [0.15, 0.2) is 43.4 Å². The van der Waals surface area contributed by atoms with E-state index in [0.717, 1.165) is 40.8 Å². The van der Waals surface area contributed by atoms with Crippen LogP contribution in [0.3, 0.4) is 0 Å². The Hall–Kier alpha value is -3.16. The molecule has 40 heavy (non-hydrogen) atoms. The highest BCUT2D eigenvalue weighted by atomic mass is 32.2. The average molecular weight is 606 g/mol. The van der Waals surface area contributed by atoms with Crippen LogP contribution in [-0.2, 0) is 42.9 Å². The maximum absolute atomic E-state index is 13.6. The van der Waals surface area contributed by atoms with Gasteiger partial charge in [-0.25, -0.2) is 19.2 Å². The summed E-state index contributed by atoms with van der Waals surface area (Å²) in [6.45, 7) is 6.99. The van der Waals surface area contributed by atoms with Crippen molar-refractivity contribution >= 4 is 76.3 Å². The zero-order valence-electron chi connectivity index (χ0n) is 23.1. The van der Waals surface area contributed by atoms with Gasteiger partial charge in [0.25, 0.3) is 0 Å². The number of esters is 4. The van der Waals surface area contributed by atoms with Gasteiger partial charge in [0, 0.05) is 23.0 Å². The van der Waals surface area contributed by atoms with Crippen molar-refractivity contribution in [1.29, 1.82) is 0 Å². The molecule has 0 saturated carbocycles. The molecule has 13 heteroatoms. The fourth-order valence-corrected chi connectivity index (χ4v) is 10.0. The third-order valence-corrected chi connectivity index (χ3v) is 11.3. The number of amides is 1. The molecule has 0 radical (unpaired) electrons. The van der Waals surface area contributed by atoms with E-state index in [4.69, 9.17) is 18.9 Å². The molecule has 0 fully saturated rings. The number of hydrogen-bond donors (Lipinski definition) is 0. The van der Waals surface area contributed by atoms with Crippen LogP contribution >= 0.6 is 35.3 Å². The molecule has 0 aliphatic carbocycles. The number of fused-ring (bicyclic) bond motifs is 3.